The molecule has 1 heterocycles. The first-order chi connectivity index (χ1) is 9.67. The highest BCUT2D eigenvalue weighted by molar-refractivity contribution is 6.31. The average Bonchev–Trinajstić information content (AvgIpc) is 2.94. The maximum absolute atomic E-state index is 11.9. The summed E-state index contributed by atoms with van der Waals surface area (Å²) in [7, 11) is 1.69. The van der Waals surface area contributed by atoms with E-state index in [9.17, 15) is 4.79 Å². The maximum atomic E-state index is 11.9. The number of amides is 1. The van der Waals surface area contributed by atoms with Gasteiger partial charge < -0.3 is 15.5 Å². The first-order valence-corrected chi connectivity index (χ1v) is 7.52. The van der Waals surface area contributed by atoms with Crippen LogP contribution in [-0.4, -0.2) is 32.1 Å². The zero-order chi connectivity index (χ0) is 14.5. The Morgan fingerprint density at radius 3 is 2.95 bits per heavy atom. The molecule has 0 aliphatic carbocycles. The highest BCUT2D eigenvalue weighted by Crippen LogP contribution is 2.29. The molecule has 0 spiro atoms. The Bertz CT molecular complexity index is 478. The van der Waals surface area contributed by atoms with Crippen molar-refractivity contribution in [1.29, 1.82) is 0 Å². The zero-order valence-corrected chi connectivity index (χ0v) is 12.8. The summed E-state index contributed by atoms with van der Waals surface area (Å²) in [5.41, 5.74) is 2.12. The fraction of sp³-hybridized carbons (Fsp3) is 0.533. The number of anilines is 1. The monoisotopic (exact) mass is 295 g/mol. The van der Waals surface area contributed by atoms with Crippen molar-refractivity contribution in [2.45, 2.75) is 32.4 Å². The van der Waals surface area contributed by atoms with Crippen molar-refractivity contribution < 1.29 is 4.79 Å². The SMILES string of the molecule is CCNCc1ccc(N2CCCC2C(=O)NC)cc1Cl. The molecule has 1 aromatic carbocycles. The van der Waals surface area contributed by atoms with Crippen LogP contribution in [0.4, 0.5) is 5.69 Å². The molecule has 110 valence electrons. The lowest BCUT2D eigenvalue weighted by molar-refractivity contribution is -0.121. The fourth-order valence-corrected chi connectivity index (χ4v) is 2.87. The Morgan fingerprint density at radius 1 is 1.50 bits per heavy atom. The minimum atomic E-state index is -0.0734. The topological polar surface area (TPSA) is 44.4 Å². The highest BCUT2D eigenvalue weighted by atomic mass is 35.5. The number of halogens is 1. The molecule has 1 amide bonds. The highest BCUT2D eigenvalue weighted by Gasteiger charge is 2.30. The minimum Gasteiger partial charge on any atom is -0.359 e. The molecule has 1 aliphatic heterocycles. The molecule has 1 saturated heterocycles. The van der Waals surface area contributed by atoms with Gasteiger partial charge in [-0.2, -0.15) is 0 Å². The number of hydrogen-bond donors (Lipinski definition) is 2. The van der Waals surface area contributed by atoms with Gasteiger partial charge in [0.2, 0.25) is 5.91 Å². The van der Waals surface area contributed by atoms with Crippen molar-refractivity contribution in [3.63, 3.8) is 0 Å². The lowest BCUT2D eigenvalue weighted by Crippen LogP contribution is -2.42. The molecule has 0 aromatic heterocycles. The Morgan fingerprint density at radius 2 is 2.30 bits per heavy atom. The van der Waals surface area contributed by atoms with Crippen molar-refractivity contribution in [3.8, 4) is 0 Å². The quantitative estimate of drug-likeness (QED) is 0.875. The lowest BCUT2D eigenvalue weighted by Gasteiger charge is -2.26. The third kappa shape index (κ3) is 3.25. The van der Waals surface area contributed by atoms with Crippen LogP contribution >= 0.6 is 11.6 Å². The maximum Gasteiger partial charge on any atom is 0.242 e. The summed E-state index contributed by atoms with van der Waals surface area (Å²) in [5, 5.41) is 6.76. The van der Waals surface area contributed by atoms with Gasteiger partial charge in [-0.15, -0.1) is 0 Å². The number of carbonyl (C=O) groups is 1. The van der Waals surface area contributed by atoms with E-state index >= 15 is 0 Å². The summed E-state index contributed by atoms with van der Waals surface area (Å²) in [5.74, 6) is 0.0790. The van der Waals surface area contributed by atoms with Crippen LogP contribution in [0, 0.1) is 0 Å². The molecule has 1 atom stereocenters. The van der Waals surface area contributed by atoms with Gasteiger partial charge >= 0.3 is 0 Å². The van der Waals surface area contributed by atoms with Crippen LogP contribution in [0.5, 0.6) is 0 Å². The number of nitrogens with one attached hydrogen (secondary N) is 2. The molecule has 2 N–H and O–H groups in total. The van der Waals surface area contributed by atoms with Crippen molar-refractivity contribution >= 4 is 23.2 Å². The first kappa shape index (κ1) is 15.1. The van der Waals surface area contributed by atoms with Gasteiger partial charge in [0.1, 0.15) is 6.04 Å². The van der Waals surface area contributed by atoms with E-state index in [0.717, 1.165) is 48.7 Å². The Labute approximate surface area is 125 Å². The molecule has 1 aliphatic rings. The number of carbonyl (C=O) groups excluding carboxylic acids is 1. The lowest BCUT2D eigenvalue weighted by atomic mass is 10.1. The van der Waals surface area contributed by atoms with Gasteiger partial charge in [0.05, 0.1) is 0 Å². The molecule has 0 saturated carbocycles. The van der Waals surface area contributed by atoms with E-state index in [0.29, 0.717) is 0 Å². The van der Waals surface area contributed by atoms with Crippen LogP contribution in [0.3, 0.4) is 0 Å². The summed E-state index contributed by atoms with van der Waals surface area (Å²) in [6.45, 7) is 4.67. The van der Waals surface area contributed by atoms with E-state index in [4.69, 9.17) is 11.6 Å². The van der Waals surface area contributed by atoms with Gasteiger partial charge in [-0.1, -0.05) is 24.6 Å². The Kier molecular flexibility index (Phi) is 5.26. The van der Waals surface area contributed by atoms with Crippen molar-refractivity contribution in [3.05, 3.63) is 28.8 Å². The Hall–Kier alpha value is -1.26. The molecular formula is C15H22ClN3O. The van der Waals surface area contributed by atoms with Crippen LogP contribution in [0.1, 0.15) is 25.3 Å². The van der Waals surface area contributed by atoms with Crippen LogP contribution < -0.4 is 15.5 Å². The van der Waals surface area contributed by atoms with Crippen molar-refractivity contribution in [1.82, 2.24) is 10.6 Å². The second-order valence-electron chi connectivity index (χ2n) is 5.02. The zero-order valence-electron chi connectivity index (χ0n) is 12.1. The van der Waals surface area contributed by atoms with E-state index in [1.165, 1.54) is 0 Å². The van der Waals surface area contributed by atoms with Crippen LogP contribution in [0.2, 0.25) is 5.02 Å². The van der Waals surface area contributed by atoms with Gasteiger partial charge in [0.15, 0.2) is 0 Å². The number of nitrogens with zero attached hydrogens (tertiary/aromatic N) is 1. The summed E-state index contributed by atoms with van der Waals surface area (Å²) >= 11 is 6.34. The van der Waals surface area contributed by atoms with Crippen molar-refractivity contribution in [2.75, 3.05) is 25.0 Å². The molecule has 1 fully saturated rings. The molecule has 2 rings (SSSR count). The molecule has 1 aromatic rings. The van der Waals surface area contributed by atoms with E-state index in [2.05, 4.69) is 28.5 Å². The van der Waals surface area contributed by atoms with Crippen LogP contribution in [0.15, 0.2) is 18.2 Å². The first-order valence-electron chi connectivity index (χ1n) is 7.14. The fourth-order valence-electron chi connectivity index (χ4n) is 2.63. The predicted octanol–water partition coefficient (Wildman–Crippen LogP) is 2.16. The summed E-state index contributed by atoms with van der Waals surface area (Å²) in [6, 6.07) is 5.99. The largest absolute Gasteiger partial charge is 0.359 e. The van der Waals surface area contributed by atoms with Gasteiger partial charge in [0.25, 0.3) is 0 Å². The molecule has 20 heavy (non-hydrogen) atoms. The van der Waals surface area contributed by atoms with Crippen LogP contribution in [-0.2, 0) is 11.3 Å². The molecule has 4 nitrogen and oxygen atoms in total. The van der Waals surface area contributed by atoms with E-state index in [1.54, 1.807) is 7.05 Å². The van der Waals surface area contributed by atoms with E-state index in [-0.39, 0.29) is 11.9 Å². The smallest absolute Gasteiger partial charge is 0.242 e. The van der Waals surface area contributed by atoms with Gasteiger partial charge in [-0.3, -0.25) is 4.79 Å². The van der Waals surface area contributed by atoms with Gasteiger partial charge in [-0.05, 0) is 37.1 Å². The summed E-state index contributed by atoms with van der Waals surface area (Å²) in [6.07, 6.45) is 1.94. The molecular weight excluding hydrogens is 274 g/mol. The standard InChI is InChI=1S/C15H22ClN3O/c1-3-18-10-11-6-7-12(9-13(11)16)19-8-4-5-14(19)15(20)17-2/h6-7,9,14,18H,3-5,8,10H2,1-2H3,(H,17,20). The van der Waals surface area contributed by atoms with Gasteiger partial charge in [-0.25, -0.2) is 0 Å². The van der Waals surface area contributed by atoms with Gasteiger partial charge in [0, 0.05) is 30.8 Å². The summed E-state index contributed by atoms with van der Waals surface area (Å²) < 4.78 is 0. The normalized spacial score (nSPS) is 18.4. The average molecular weight is 296 g/mol. The van der Waals surface area contributed by atoms with E-state index in [1.807, 2.05) is 12.1 Å². The predicted molar refractivity (Wildman–Crippen MR) is 83.3 cm³/mol. The number of likely N-dealkylation sites (N-methyl/N-ethyl adjacent to an activating group) is 1. The second kappa shape index (κ2) is 6.95. The minimum absolute atomic E-state index is 0.0734. The number of benzene rings is 1. The third-order valence-corrected chi connectivity index (χ3v) is 4.09. The number of hydrogen-bond acceptors (Lipinski definition) is 3. The second-order valence-corrected chi connectivity index (χ2v) is 5.43. The van der Waals surface area contributed by atoms with E-state index < -0.39 is 0 Å². The third-order valence-electron chi connectivity index (χ3n) is 3.74. The van der Waals surface area contributed by atoms with Crippen LogP contribution in [0.25, 0.3) is 0 Å². The molecule has 1 unspecified atom stereocenters. The molecule has 5 heteroatoms. The number of rotatable bonds is 5. The van der Waals surface area contributed by atoms with Crippen molar-refractivity contribution in [2.24, 2.45) is 0 Å². The Balaban J connectivity index is 2.16. The molecule has 0 radical (unpaired) electrons. The summed E-state index contributed by atoms with van der Waals surface area (Å²) in [4.78, 5) is 14.0. The molecule has 0 bridgehead atoms.